The third-order valence-corrected chi connectivity index (χ3v) is 6.38. The second-order valence-electron chi connectivity index (χ2n) is 7.11. The highest BCUT2D eigenvalue weighted by atomic mass is 79.9. The fourth-order valence-electron chi connectivity index (χ4n) is 4.46. The fraction of sp³-hybridized carbons (Fsp3) is 0. The quantitative estimate of drug-likeness (QED) is 0.241. The van der Waals surface area contributed by atoms with Crippen molar-refractivity contribution in [1.82, 2.24) is 0 Å². The van der Waals surface area contributed by atoms with Crippen molar-refractivity contribution in [2.75, 3.05) is 0 Å². The summed E-state index contributed by atoms with van der Waals surface area (Å²) in [6, 6.07) is 33.1. The van der Waals surface area contributed by atoms with E-state index >= 15 is 0 Å². The van der Waals surface area contributed by atoms with Gasteiger partial charge in [-0.25, -0.2) is 0 Å². The topological polar surface area (TPSA) is 0 Å². The van der Waals surface area contributed by atoms with E-state index in [-0.39, 0.29) is 0 Å². The summed E-state index contributed by atoms with van der Waals surface area (Å²) in [7, 11) is 0. The van der Waals surface area contributed by atoms with Gasteiger partial charge in [-0.1, -0.05) is 101 Å². The van der Waals surface area contributed by atoms with Crippen LogP contribution in [0.15, 0.2) is 95.5 Å². The number of fused-ring (bicyclic) bond motifs is 1. The lowest BCUT2D eigenvalue weighted by Crippen LogP contribution is -1.88. The van der Waals surface area contributed by atoms with Crippen molar-refractivity contribution in [3.63, 3.8) is 0 Å². The van der Waals surface area contributed by atoms with E-state index in [2.05, 4.69) is 107 Å². The zero-order valence-corrected chi connectivity index (χ0v) is 16.1. The summed E-state index contributed by atoms with van der Waals surface area (Å²) in [4.78, 5) is 0. The Morgan fingerprint density at radius 3 is 1.93 bits per heavy atom. The van der Waals surface area contributed by atoms with E-state index in [0.29, 0.717) is 0 Å². The zero-order valence-electron chi connectivity index (χ0n) is 14.5. The molecule has 0 spiro atoms. The normalized spacial score (nSPS) is 11.9. The number of hydrogen-bond acceptors (Lipinski definition) is 0. The van der Waals surface area contributed by atoms with Crippen molar-refractivity contribution >= 4 is 59.0 Å². The highest BCUT2D eigenvalue weighted by molar-refractivity contribution is 9.10. The lowest BCUT2D eigenvalue weighted by Gasteiger charge is -2.16. The first-order chi connectivity index (χ1) is 13.3. The Morgan fingerprint density at radius 1 is 0.407 bits per heavy atom. The van der Waals surface area contributed by atoms with Crippen LogP contribution >= 0.6 is 15.9 Å². The molecule has 0 aliphatic heterocycles. The lowest BCUT2D eigenvalue weighted by atomic mass is 9.88. The summed E-state index contributed by atoms with van der Waals surface area (Å²) < 4.78 is 1.15. The molecule has 0 aliphatic rings. The fourth-order valence-corrected chi connectivity index (χ4v) is 4.92. The number of rotatable bonds is 1. The Morgan fingerprint density at radius 2 is 1.04 bits per heavy atom. The maximum atomic E-state index is 3.74. The SMILES string of the molecule is Brc1ccc2ccc3c(-c4cccc5ccccc45)ccc4ccc1c2c43. The van der Waals surface area contributed by atoms with E-state index in [0.717, 1.165) is 4.47 Å². The van der Waals surface area contributed by atoms with E-state index in [1.807, 2.05) is 0 Å². The van der Waals surface area contributed by atoms with Crippen molar-refractivity contribution in [1.29, 1.82) is 0 Å². The summed E-state index contributed by atoms with van der Waals surface area (Å²) in [5.74, 6) is 0. The second kappa shape index (κ2) is 5.55. The molecule has 0 N–H and O–H groups in total. The first-order valence-corrected chi connectivity index (χ1v) is 9.95. The minimum absolute atomic E-state index is 1.15. The van der Waals surface area contributed by atoms with E-state index in [4.69, 9.17) is 0 Å². The first kappa shape index (κ1) is 15.2. The van der Waals surface area contributed by atoms with Gasteiger partial charge in [0, 0.05) is 4.47 Å². The van der Waals surface area contributed by atoms with Crippen molar-refractivity contribution in [2.24, 2.45) is 0 Å². The van der Waals surface area contributed by atoms with Gasteiger partial charge in [0.25, 0.3) is 0 Å². The van der Waals surface area contributed by atoms with Crippen LogP contribution in [0, 0.1) is 0 Å². The summed E-state index contributed by atoms with van der Waals surface area (Å²) in [5.41, 5.74) is 2.60. The molecule has 0 nitrogen and oxygen atoms in total. The lowest BCUT2D eigenvalue weighted by molar-refractivity contribution is 1.70. The molecule has 0 atom stereocenters. The van der Waals surface area contributed by atoms with Gasteiger partial charge < -0.3 is 0 Å². The Hall–Kier alpha value is -2.90. The van der Waals surface area contributed by atoms with Crippen LogP contribution in [0.3, 0.4) is 0 Å². The van der Waals surface area contributed by atoms with Crippen molar-refractivity contribution < 1.29 is 0 Å². The predicted octanol–water partition coefficient (Wildman–Crippen LogP) is 8.17. The van der Waals surface area contributed by atoms with Gasteiger partial charge in [0.2, 0.25) is 0 Å². The van der Waals surface area contributed by atoms with Gasteiger partial charge in [-0.2, -0.15) is 0 Å². The van der Waals surface area contributed by atoms with Gasteiger partial charge >= 0.3 is 0 Å². The Kier molecular flexibility index (Phi) is 3.12. The molecule has 0 heterocycles. The molecular weight excluding hydrogens is 392 g/mol. The van der Waals surface area contributed by atoms with Gasteiger partial charge in [-0.15, -0.1) is 0 Å². The van der Waals surface area contributed by atoms with Crippen LogP contribution in [0.5, 0.6) is 0 Å². The summed E-state index contributed by atoms with van der Waals surface area (Å²) >= 11 is 3.74. The summed E-state index contributed by atoms with van der Waals surface area (Å²) in [6.45, 7) is 0. The third kappa shape index (κ3) is 2.09. The molecule has 6 rings (SSSR count). The maximum Gasteiger partial charge on any atom is 0.0254 e. The molecule has 0 unspecified atom stereocenters. The molecule has 1 heteroatoms. The monoisotopic (exact) mass is 406 g/mol. The van der Waals surface area contributed by atoms with Crippen LogP contribution in [-0.4, -0.2) is 0 Å². The van der Waals surface area contributed by atoms with Crippen LogP contribution in [0.1, 0.15) is 0 Å². The second-order valence-corrected chi connectivity index (χ2v) is 7.96. The van der Waals surface area contributed by atoms with Gasteiger partial charge in [0.1, 0.15) is 0 Å². The van der Waals surface area contributed by atoms with Crippen LogP contribution in [0.4, 0.5) is 0 Å². The van der Waals surface area contributed by atoms with Crippen LogP contribution in [0.25, 0.3) is 54.2 Å². The van der Waals surface area contributed by atoms with Gasteiger partial charge in [-0.3, -0.25) is 0 Å². The Labute approximate surface area is 165 Å². The van der Waals surface area contributed by atoms with Crippen LogP contribution < -0.4 is 0 Å². The number of halogens is 1. The molecule has 0 aromatic heterocycles. The predicted molar refractivity (Wildman–Crippen MR) is 121 cm³/mol. The molecular formula is C26H15Br. The smallest absolute Gasteiger partial charge is 0.0254 e. The van der Waals surface area contributed by atoms with E-state index in [9.17, 15) is 0 Å². The molecule has 0 aliphatic carbocycles. The molecule has 126 valence electrons. The minimum Gasteiger partial charge on any atom is -0.0616 e. The van der Waals surface area contributed by atoms with E-state index < -0.39 is 0 Å². The van der Waals surface area contributed by atoms with Gasteiger partial charge in [0.05, 0.1) is 0 Å². The number of hydrogen-bond donors (Lipinski definition) is 0. The van der Waals surface area contributed by atoms with Gasteiger partial charge in [0.15, 0.2) is 0 Å². The summed E-state index contributed by atoms with van der Waals surface area (Å²) in [5, 5.41) is 10.5. The molecule has 6 aromatic rings. The number of benzene rings is 6. The Bertz CT molecular complexity index is 1470. The van der Waals surface area contributed by atoms with Crippen LogP contribution in [-0.2, 0) is 0 Å². The molecule has 6 aromatic carbocycles. The average Bonchev–Trinajstić information content (AvgIpc) is 2.73. The highest BCUT2D eigenvalue weighted by Crippen LogP contribution is 2.42. The molecule has 0 bridgehead atoms. The van der Waals surface area contributed by atoms with Crippen molar-refractivity contribution in [2.45, 2.75) is 0 Å². The third-order valence-electron chi connectivity index (χ3n) is 5.69. The molecule has 27 heavy (non-hydrogen) atoms. The first-order valence-electron chi connectivity index (χ1n) is 9.15. The largest absolute Gasteiger partial charge is 0.0616 e. The van der Waals surface area contributed by atoms with Crippen molar-refractivity contribution in [3.8, 4) is 11.1 Å². The van der Waals surface area contributed by atoms with Crippen LogP contribution in [0.2, 0.25) is 0 Å². The minimum atomic E-state index is 1.15. The standard InChI is InChI=1S/C26H15Br/c27-24-15-11-18-9-13-22-21(12-8-17-10-14-23(24)26(18)25(17)22)20-7-3-5-16-4-1-2-6-19(16)20/h1-15H. The average molecular weight is 407 g/mol. The van der Waals surface area contributed by atoms with E-state index in [1.54, 1.807) is 0 Å². The molecule has 0 saturated carbocycles. The van der Waals surface area contributed by atoms with E-state index in [1.165, 1.54) is 54.2 Å². The zero-order chi connectivity index (χ0) is 18.0. The molecule has 0 saturated heterocycles. The molecule has 0 amide bonds. The molecule has 0 radical (unpaired) electrons. The highest BCUT2D eigenvalue weighted by Gasteiger charge is 2.14. The van der Waals surface area contributed by atoms with Crippen molar-refractivity contribution in [3.05, 3.63) is 95.5 Å². The van der Waals surface area contributed by atoms with Gasteiger partial charge in [-0.05, 0) is 60.3 Å². The Balaban J connectivity index is 1.82. The summed E-state index contributed by atoms with van der Waals surface area (Å²) in [6.07, 6.45) is 0. The maximum absolute atomic E-state index is 3.74. The molecule has 0 fully saturated rings.